The molecule has 7 heteroatoms. The summed E-state index contributed by atoms with van der Waals surface area (Å²) in [5, 5.41) is 17.7. The molecule has 0 fully saturated rings. The standard InChI is InChI=1S/C12H25BrO6/c1-12(10-13,19-9-8-17-5-3-15)11-18-7-6-16-4-2-14/h14-15H,2-11H2,1H3. The Kier molecular flexibility index (Phi) is 13.4. The zero-order chi connectivity index (χ0) is 14.4. The average Bonchev–Trinajstić information content (AvgIpc) is 2.42. The molecule has 0 saturated heterocycles. The highest BCUT2D eigenvalue weighted by atomic mass is 79.9. The van der Waals surface area contributed by atoms with Crippen molar-refractivity contribution in [2.75, 3.05) is 64.8 Å². The van der Waals surface area contributed by atoms with Crippen molar-refractivity contribution in [2.45, 2.75) is 12.5 Å². The van der Waals surface area contributed by atoms with Crippen LogP contribution in [0.1, 0.15) is 6.92 Å². The van der Waals surface area contributed by atoms with Gasteiger partial charge >= 0.3 is 0 Å². The minimum Gasteiger partial charge on any atom is -0.394 e. The predicted molar refractivity (Wildman–Crippen MR) is 74.8 cm³/mol. The molecule has 0 spiro atoms. The van der Waals surface area contributed by atoms with E-state index in [4.69, 9.17) is 29.2 Å². The van der Waals surface area contributed by atoms with Gasteiger partial charge in [-0.1, -0.05) is 15.9 Å². The molecule has 0 aromatic heterocycles. The van der Waals surface area contributed by atoms with Gasteiger partial charge in [-0.3, -0.25) is 0 Å². The highest BCUT2D eigenvalue weighted by Crippen LogP contribution is 2.14. The molecule has 0 radical (unpaired) electrons. The number of halogens is 1. The molecule has 0 saturated carbocycles. The van der Waals surface area contributed by atoms with Gasteiger partial charge in [0.2, 0.25) is 0 Å². The summed E-state index contributed by atoms with van der Waals surface area (Å²) in [7, 11) is 0. The molecule has 0 amide bonds. The van der Waals surface area contributed by atoms with Crippen molar-refractivity contribution in [1.29, 1.82) is 0 Å². The van der Waals surface area contributed by atoms with Crippen molar-refractivity contribution in [1.82, 2.24) is 0 Å². The van der Waals surface area contributed by atoms with Crippen LogP contribution in [0.4, 0.5) is 0 Å². The van der Waals surface area contributed by atoms with Crippen molar-refractivity contribution in [2.24, 2.45) is 0 Å². The van der Waals surface area contributed by atoms with Crippen LogP contribution in [-0.2, 0) is 18.9 Å². The van der Waals surface area contributed by atoms with Gasteiger partial charge in [-0.05, 0) is 6.92 Å². The van der Waals surface area contributed by atoms with Gasteiger partial charge < -0.3 is 29.2 Å². The monoisotopic (exact) mass is 344 g/mol. The lowest BCUT2D eigenvalue weighted by molar-refractivity contribution is -0.0931. The summed E-state index contributed by atoms with van der Waals surface area (Å²) in [5.41, 5.74) is -0.417. The molecule has 0 aromatic rings. The Hall–Kier alpha value is 0.240. The van der Waals surface area contributed by atoms with Crippen LogP contribution in [0, 0.1) is 0 Å². The normalized spacial score (nSPS) is 14.5. The second-order valence-corrected chi connectivity index (χ2v) is 4.72. The molecule has 2 N–H and O–H groups in total. The first-order chi connectivity index (χ1) is 9.18. The number of aliphatic hydroxyl groups is 2. The molecule has 0 rings (SSSR count). The van der Waals surface area contributed by atoms with E-state index in [9.17, 15) is 0 Å². The number of hydrogen-bond acceptors (Lipinski definition) is 6. The molecule has 0 aliphatic carbocycles. The largest absolute Gasteiger partial charge is 0.394 e. The quantitative estimate of drug-likeness (QED) is 0.346. The van der Waals surface area contributed by atoms with E-state index in [1.54, 1.807) is 0 Å². The Morgan fingerprint density at radius 1 is 0.842 bits per heavy atom. The molecule has 0 aliphatic heterocycles. The van der Waals surface area contributed by atoms with Gasteiger partial charge in [-0.15, -0.1) is 0 Å². The summed E-state index contributed by atoms with van der Waals surface area (Å²) in [4.78, 5) is 0. The first kappa shape index (κ1) is 19.2. The second kappa shape index (κ2) is 13.2. The van der Waals surface area contributed by atoms with Crippen molar-refractivity contribution in [3.05, 3.63) is 0 Å². The average molecular weight is 345 g/mol. The van der Waals surface area contributed by atoms with E-state index in [1.165, 1.54) is 0 Å². The fourth-order valence-corrected chi connectivity index (χ4v) is 1.53. The van der Waals surface area contributed by atoms with Gasteiger partial charge in [-0.2, -0.15) is 0 Å². The maximum absolute atomic E-state index is 8.56. The number of aliphatic hydroxyl groups excluding tert-OH is 2. The highest BCUT2D eigenvalue weighted by Gasteiger charge is 2.23. The van der Waals surface area contributed by atoms with Gasteiger partial charge in [0.25, 0.3) is 0 Å². The van der Waals surface area contributed by atoms with Gasteiger partial charge in [0, 0.05) is 5.33 Å². The molecule has 6 nitrogen and oxygen atoms in total. The summed E-state index contributed by atoms with van der Waals surface area (Å²) in [6, 6.07) is 0. The van der Waals surface area contributed by atoms with Gasteiger partial charge in [0.1, 0.15) is 0 Å². The van der Waals surface area contributed by atoms with Gasteiger partial charge in [0.15, 0.2) is 0 Å². The third kappa shape index (κ3) is 11.7. The van der Waals surface area contributed by atoms with Crippen LogP contribution < -0.4 is 0 Å². The van der Waals surface area contributed by atoms with Gasteiger partial charge in [0.05, 0.1) is 65.1 Å². The lowest BCUT2D eigenvalue weighted by Gasteiger charge is -2.27. The zero-order valence-corrected chi connectivity index (χ0v) is 13.1. The molecule has 116 valence electrons. The van der Waals surface area contributed by atoms with E-state index in [1.807, 2.05) is 6.92 Å². The molecule has 0 aliphatic rings. The van der Waals surface area contributed by atoms with E-state index in [0.29, 0.717) is 51.6 Å². The smallest absolute Gasteiger partial charge is 0.0984 e. The third-order valence-electron chi connectivity index (χ3n) is 2.21. The van der Waals surface area contributed by atoms with E-state index < -0.39 is 5.60 Å². The molecule has 19 heavy (non-hydrogen) atoms. The van der Waals surface area contributed by atoms with Crippen LogP contribution in [-0.4, -0.2) is 80.6 Å². The van der Waals surface area contributed by atoms with Crippen molar-refractivity contribution in [3.8, 4) is 0 Å². The van der Waals surface area contributed by atoms with E-state index >= 15 is 0 Å². The fraction of sp³-hybridized carbons (Fsp3) is 1.00. The molecule has 0 aromatic carbocycles. The molecular weight excluding hydrogens is 320 g/mol. The maximum Gasteiger partial charge on any atom is 0.0984 e. The number of ether oxygens (including phenoxy) is 4. The topological polar surface area (TPSA) is 77.4 Å². The van der Waals surface area contributed by atoms with Crippen LogP contribution in [0.25, 0.3) is 0 Å². The van der Waals surface area contributed by atoms with Crippen molar-refractivity contribution in [3.63, 3.8) is 0 Å². The first-order valence-electron chi connectivity index (χ1n) is 6.33. The lowest BCUT2D eigenvalue weighted by atomic mass is 10.1. The zero-order valence-electron chi connectivity index (χ0n) is 11.5. The second-order valence-electron chi connectivity index (χ2n) is 4.16. The molecule has 1 unspecified atom stereocenters. The first-order valence-corrected chi connectivity index (χ1v) is 7.45. The minimum absolute atomic E-state index is 0.0205. The van der Waals surface area contributed by atoms with E-state index in [0.717, 1.165) is 0 Å². The van der Waals surface area contributed by atoms with Crippen LogP contribution in [0.15, 0.2) is 0 Å². The summed E-state index contributed by atoms with van der Waals surface area (Å²) in [5.74, 6) is 0. The lowest BCUT2D eigenvalue weighted by Crippen LogP contribution is -2.38. The summed E-state index contributed by atoms with van der Waals surface area (Å²) in [6.07, 6.45) is 0. The summed E-state index contributed by atoms with van der Waals surface area (Å²) < 4.78 is 21.4. The van der Waals surface area contributed by atoms with Crippen molar-refractivity contribution >= 4 is 15.9 Å². The Balaban J connectivity index is 3.58. The Labute approximate surface area is 123 Å². The van der Waals surface area contributed by atoms with Gasteiger partial charge in [-0.25, -0.2) is 0 Å². The van der Waals surface area contributed by atoms with E-state index in [-0.39, 0.29) is 13.2 Å². The van der Waals surface area contributed by atoms with Crippen LogP contribution >= 0.6 is 15.9 Å². The Morgan fingerprint density at radius 2 is 1.37 bits per heavy atom. The summed E-state index contributed by atoms with van der Waals surface area (Å²) >= 11 is 3.40. The molecule has 0 heterocycles. The third-order valence-corrected chi connectivity index (χ3v) is 3.40. The molecular formula is C12H25BrO6. The Morgan fingerprint density at radius 3 is 1.89 bits per heavy atom. The Bertz CT molecular complexity index is 195. The number of hydrogen-bond donors (Lipinski definition) is 2. The van der Waals surface area contributed by atoms with Crippen LogP contribution in [0.3, 0.4) is 0 Å². The summed E-state index contributed by atoms with van der Waals surface area (Å²) in [6.45, 7) is 4.91. The van der Waals surface area contributed by atoms with Crippen molar-refractivity contribution < 1.29 is 29.2 Å². The number of rotatable bonds is 14. The van der Waals surface area contributed by atoms with Crippen LogP contribution in [0.2, 0.25) is 0 Å². The highest BCUT2D eigenvalue weighted by molar-refractivity contribution is 9.09. The maximum atomic E-state index is 8.56. The molecule has 1 atom stereocenters. The van der Waals surface area contributed by atoms with Crippen LogP contribution in [0.5, 0.6) is 0 Å². The minimum atomic E-state index is -0.417. The number of alkyl halides is 1. The fourth-order valence-electron chi connectivity index (χ4n) is 1.20. The SMILES string of the molecule is CC(CBr)(COCCOCCO)OCCOCCO. The molecule has 0 bridgehead atoms. The predicted octanol–water partition coefficient (Wildman–Crippen LogP) is 0.191. The van der Waals surface area contributed by atoms with E-state index in [2.05, 4.69) is 15.9 Å².